The highest BCUT2D eigenvalue weighted by Gasteiger charge is 2.22. The van der Waals surface area contributed by atoms with Crippen LogP contribution in [0, 0.1) is 0 Å². The normalized spacial score (nSPS) is 12.2. The quantitative estimate of drug-likeness (QED) is 0.184. The highest BCUT2D eigenvalue weighted by Crippen LogP contribution is 2.46. The van der Waals surface area contributed by atoms with Gasteiger partial charge in [-0.1, -0.05) is 84.9 Å². The van der Waals surface area contributed by atoms with Gasteiger partial charge in [0.2, 0.25) is 0 Å². The van der Waals surface area contributed by atoms with Crippen LogP contribution >= 0.6 is 11.3 Å². The van der Waals surface area contributed by atoms with Gasteiger partial charge in [-0.15, -0.1) is 11.3 Å². The van der Waals surface area contributed by atoms with Gasteiger partial charge in [0.25, 0.3) is 0 Å². The van der Waals surface area contributed by atoms with Gasteiger partial charge < -0.3 is 18.3 Å². The Hall–Kier alpha value is -6.82. The van der Waals surface area contributed by atoms with Gasteiger partial charge in [0, 0.05) is 75.6 Å². The maximum Gasteiger partial charge on any atom is 0.137 e. The highest BCUT2D eigenvalue weighted by atomic mass is 32.1. The average molecular weight is 697 g/mol. The molecule has 0 radical (unpaired) electrons. The summed E-state index contributed by atoms with van der Waals surface area (Å²) in [6.07, 6.45) is 0. The van der Waals surface area contributed by atoms with Crippen LogP contribution < -0.4 is 4.90 Å². The van der Waals surface area contributed by atoms with Crippen LogP contribution in [0.3, 0.4) is 0 Å². The molecule has 0 saturated heterocycles. The van der Waals surface area contributed by atoms with Gasteiger partial charge >= 0.3 is 0 Å². The Balaban J connectivity index is 1.07. The van der Waals surface area contributed by atoms with E-state index >= 15 is 0 Å². The lowest BCUT2D eigenvalue weighted by Crippen LogP contribution is -2.11. The number of benzene rings is 8. The molecule has 0 unspecified atom stereocenters. The van der Waals surface area contributed by atoms with Crippen LogP contribution in [0.15, 0.2) is 179 Å². The second-order valence-corrected chi connectivity index (χ2v) is 14.8. The lowest BCUT2D eigenvalue weighted by Gasteiger charge is -2.27. The van der Waals surface area contributed by atoms with E-state index in [9.17, 15) is 0 Å². The van der Waals surface area contributed by atoms with Crippen LogP contribution in [-0.4, -0.2) is 4.57 Å². The number of hydrogen-bond donors (Lipinski definition) is 0. The Labute approximate surface area is 306 Å². The lowest BCUT2D eigenvalue weighted by molar-refractivity contribution is 0.669. The molecule has 0 spiro atoms. The third kappa shape index (κ3) is 4.17. The second-order valence-electron chi connectivity index (χ2n) is 13.7. The van der Waals surface area contributed by atoms with Gasteiger partial charge in [0.1, 0.15) is 22.3 Å². The molecule has 4 nitrogen and oxygen atoms in total. The zero-order valence-corrected chi connectivity index (χ0v) is 29.1. The summed E-state index contributed by atoms with van der Waals surface area (Å²) in [7, 11) is 0. The fraction of sp³-hybridized carbons (Fsp3) is 0. The molecule has 5 heteroatoms. The van der Waals surface area contributed by atoms with Gasteiger partial charge in [0.15, 0.2) is 0 Å². The van der Waals surface area contributed by atoms with Crippen LogP contribution in [0.2, 0.25) is 0 Å². The second kappa shape index (κ2) is 10.8. The van der Waals surface area contributed by atoms with Crippen LogP contribution in [0.4, 0.5) is 17.1 Å². The van der Waals surface area contributed by atoms with E-state index in [0.29, 0.717) is 0 Å². The lowest BCUT2D eigenvalue weighted by atomic mass is 10.1. The summed E-state index contributed by atoms with van der Waals surface area (Å²) in [5.41, 5.74) is 10.2. The van der Waals surface area contributed by atoms with Crippen molar-refractivity contribution in [2.24, 2.45) is 0 Å². The molecule has 53 heavy (non-hydrogen) atoms. The number of hydrogen-bond acceptors (Lipinski definition) is 4. The number of anilines is 3. The summed E-state index contributed by atoms with van der Waals surface area (Å²) in [5.74, 6) is 0. The number of nitrogens with zero attached hydrogens (tertiary/aromatic N) is 2. The van der Waals surface area contributed by atoms with Crippen molar-refractivity contribution in [1.82, 2.24) is 4.57 Å². The molecule has 12 aromatic rings. The first-order valence-corrected chi connectivity index (χ1v) is 18.7. The van der Waals surface area contributed by atoms with Gasteiger partial charge in [0.05, 0.1) is 16.7 Å². The summed E-state index contributed by atoms with van der Waals surface area (Å²) in [6, 6.07) is 60.5. The molecule has 248 valence electrons. The Kier molecular flexibility index (Phi) is 5.90. The van der Waals surface area contributed by atoms with Crippen molar-refractivity contribution in [3.63, 3.8) is 0 Å². The van der Waals surface area contributed by atoms with Crippen LogP contribution in [-0.2, 0) is 0 Å². The van der Waals surface area contributed by atoms with E-state index in [2.05, 4.69) is 167 Å². The van der Waals surface area contributed by atoms with E-state index in [4.69, 9.17) is 8.83 Å². The summed E-state index contributed by atoms with van der Waals surface area (Å²) >= 11 is 1.83. The molecule has 12 rings (SSSR count). The zero-order valence-electron chi connectivity index (χ0n) is 28.3. The van der Waals surface area contributed by atoms with Crippen LogP contribution in [0.1, 0.15) is 0 Å². The molecular formula is C48H28N2O2S. The highest BCUT2D eigenvalue weighted by molar-refractivity contribution is 7.26. The molecule has 0 N–H and O–H groups in total. The third-order valence-electron chi connectivity index (χ3n) is 10.7. The average Bonchev–Trinajstić information content (AvgIpc) is 3.95. The fourth-order valence-corrected chi connectivity index (χ4v) is 9.57. The molecule has 0 fully saturated rings. The number of para-hydroxylation sites is 5. The Morgan fingerprint density at radius 3 is 1.77 bits per heavy atom. The molecule has 0 aliphatic heterocycles. The maximum absolute atomic E-state index is 6.75. The van der Waals surface area contributed by atoms with E-state index in [1.807, 2.05) is 23.5 Å². The predicted octanol–water partition coefficient (Wildman–Crippen LogP) is 14.4. The molecule has 0 aliphatic carbocycles. The van der Waals surface area contributed by atoms with Crippen LogP contribution in [0.5, 0.6) is 0 Å². The smallest absolute Gasteiger partial charge is 0.137 e. The van der Waals surface area contributed by atoms with Crippen molar-refractivity contribution in [2.75, 3.05) is 4.90 Å². The minimum Gasteiger partial charge on any atom is -0.456 e. The van der Waals surface area contributed by atoms with Crippen LogP contribution in [0.25, 0.3) is 91.5 Å². The summed E-state index contributed by atoms with van der Waals surface area (Å²) in [6.45, 7) is 0. The molecule has 0 saturated carbocycles. The van der Waals surface area contributed by atoms with Crippen molar-refractivity contribution in [3.8, 4) is 5.69 Å². The summed E-state index contributed by atoms with van der Waals surface area (Å²) in [4.78, 5) is 2.36. The maximum atomic E-state index is 6.75. The Bertz CT molecular complexity index is 3400. The standard InChI is InChI=1S/C48H28N2O2S/c1-3-12-29(13-4-1)49(41-20-11-18-35-32-16-7-9-19-40(32)50(48(35)41)30-14-5-2-6-15-30)31-22-23-34-37-28-47-39(26-45(37)52-43(34)24-31)38-25-44-36(27-46(38)53-47)33-17-8-10-21-42(33)51-44/h1-28H. The molecule has 0 bridgehead atoms. The van der Waals surface area contributed by atoms with Gasteiger partial charge in [-0.05, 0) is 78.9 Å². The van der Waals surface area contributed by atoms with Crippen molar-refractivity contribution in [1.29, 1.82) is 0 Å². The first-order valence-electron chi connectivity index (χ1n) is 17.8. The third-order valence-corrected chi connectivity index (χ3v) is 11.9. The van der Waals surface area contributed by atoms with E-state index in [1.54, 1.807) is 0 Å². The number of rotatable bonds is 4. The molecular weight excluding hydrogens is 669 g/mol. The number of thiophene rings is 1. The van der Waals surface area contributed by atoms with Gasteiger partial charge in [-0.2, -0.15) is 0 Å². The van der Waals surface area contributed by atoms with Crippen molar-refractivity contribution in [3.05, 3.63) is 170 Å². The predicted molar refractivity (Wildman–Crippen MR) is 223 cm³/mol. The largest absolute Gasteiger partial charge is 0.456 e. The van der Waals surface area contributed by atoms with Crippen molar-refractivity contribution in [2.45, 2.75) is 0 Å². The van der Waals surface area contributed by atoms with E-state index in [1.165, 1.54) is 36.5 Å². The molecule has 0 amide bonds. The monoisotopic (exact) mass is 696 g/mol. The summed E-state index contributed by atoms with van der Waals surface area (Å²) in [5, 5.41) is 9.35. The number of aromatic nitrogens is 1. The number of fused-ring (bicyclic) bond motifs is 12. The minimum atomic E-state index is 0.857. The molecule has 0 atom stereocenters. The number of furan rings is 2. The first kappa shape index (κ1) is 28.8. The van der Waals surface area contributed by atoms with E-state index in [0.717, 1.165) is 72.1 Å². The minimum absolute atomic E-state index is 0.857. The molecule has 8 aromatic carbocycles. The SMILES string of the molecule is c1ccc(N(c2ccc3c(c2)oc2cc4c(cc23)sc2cc3c(cc24)oc2ccccc23)c2cccc3c4ccccc4n(-c4ccccc4)c23)cc1. The van der Waals surface area contributed by atoms with Gasteiger partial charge in [-0.3, -0.25) is 0 Å². The Morgan fingerprint density at radius 1 is 0.396 bits per heavy atom. The topological polar surface area (TPSA) is 34.5 Å². The molecule has 4 heterocycles. The Morgan fingerprint density at radius 2 is 1.00 bits per heavy atom. The van der Waals surface area contributed by atoms with Crippen molar-refractivity contribution < 1.29 is 8.83 Å². The van der Waals surface area contributed by atoms with Gasteiger partial charge in [-0.25, -0.2) is 0 Å². The van der Waals surface area contributed by atoms with Crippen molar-refractivity contribution >= 4 is 114 Å². The first-order chi connectivity index (χ1) is 26.3. The fourth-order valence-electron chi connectivity index (χ4n) is 8.42. The summed E-state index contributed by atoms with van der Waals surface area (Å²) < 4.78 is 17.9. The molecule has 0 aliphatic rings. The zero-order chi connectivity index (χ0) is 34.6. The van der Waals surface area contributed by atoms with E-state index in [-0.39, 0.29) is 0 Å². The molecule has 4 aromatic heterocycles. The van der Waals surface area contributed by atoms with E-state index < -0.39 is 0 Å².